The molecule has 5 heteroatoms. The highest BCUT2D eigenvalue weighted by Crippen LogP contribution is 2.20. The number of anilines is 1. The number of benzene rings is 1. The largest absolute Gasteiger partial charge is 0.392 e. The second-order valence-electron chi connectivity index (χ2n) is 3.15. The van der Waals surface area contributed by atoms with Crippen molar-refractivity contribution in [2.75, 3.05) is 17.7 Å². The number of hydrogen-bond acceptors (Lipinski definition) is 3. The minimum atomic E-state index is -0.603. The van der Waals surface area contributed by atoms with Crippen LogP contribution in [0.1, 0.15) is 5.56 Å². The fraction of sp³-hybridized carbons (Fsp3) is 0.400. The Morgan fingerprint density at radius 2 is 2.13 bits per heavy atom. The number of rotatable bonds is 5. The van der Waals surface area contributed by atoms with Gasteiger partial charge in [-0.3, -0.25) is 0 Å². The average molecular weight is 250 g/mol. The van der Waals surface area contributed by atoms with E-state index in [1.807, 2.05) is 0 Å². The quantitative estimate of drug-likeness (QED) is 0.699. The molecular weight excluding hydrogens is 237 g/mol. The number of aliphatic hydroxyl groups is 2. The van der Waals surface area contributed by atoms with E-state index < -0.39 is 6.10 Å². The van der Waals surface area contributed by atoms with Crippen LogP contribution in [0, 0.1) is 0 Å². The van der Waals surface area contributed by atoms with Crippen LogP contribution in [0.4, 0.5) is 5.69 Å². The Bertz CT molecular complexity index is 320. The van der Waals surface area contributed by atoms with Crippen molar-refractivity contribution in [3.8, 4) is 0 Å². The summed E-state index contributed by atoms with van der Waals surface area (Å²) in [6.07, 6.45) is -0.603. The first-order valence-electron chi connectivity index (χ1n) is 4.54. The van der Waals surface area contributed by atoms with Gasteiger partial charge in [0.25, 0.3) is 0 Å². The molecule has 0 aromatic heterocycles. The lowest BCUT2D eigenvalue weighted by Gasteiger charge is -2.13. The molecule has 0 aliphatic rings. The Balaban J connectivity index is 2.67. The van der Waals surface area contributed by atoms with Gasteiger partial charge in [0, 0.05) is 22.8 Å². The summed E-state index contributed by atoms with van der Waals surface area (Å²) in [6, 6.07) is 5.15. The lowest BCUT2D eigenvalue weighted by molar-refractivity contribution is 0.211. The minimum Gasteiger partial charge on any atom is -0.392 e. The van der Waals surface area contributed by atoms with Gasteiger partial charge in [-0.25, -0.2) is 0 Å². The molecule has 0 amide bonds. The maximum atomic E-state index is 9.25. The minimum absolute atomic E-state index is 0.0974. The number of aliphatic hydroxyl groups excluding tert-OH is 2. The zero-order valence-electron chi connectivity index (χ0n) is 8.08. The maximum absolute atomic E-state index is 9.25. The van der Waals surface area contributed by atoms with Crippen LogP contribution < -0.4 is 5.32 Å². The van der Waals surface area contributed by atoms with Crippen LogP contribution in [0.3, 0.4) is 0 Å². The molecule has 0 aliphatic heterocycles. The van der Waals surface area contributed by atoms with E-state index in [2.05, 4.69) is 5.32 Å². The summed E-state index contributed by atoms with van der Waals surface area (Å²) in [5.41, 5.74) is 1.45. The van der Waals surface area contributed by atoms with Gasteiger partial charge < -0.3 is 15.5 Å². The molecule has 3 nitrogen and oxygen atoms in total. The third-order valence-electron chi connectivity index (χ3n) is 1.94. The van der Waals surface area contributed by atoms with Gasteiger partial charge in [0.2, 0.25) is 0 Å². The molecule has 3 N–H and O–H groups in total. The van der Waals surface area contributed by atoms with E-state index in [0.29, 0.717) is 17.1 Å². The monoisotopic (exact) mass is 249 g/mol. The van der Waals surface area contributed by atoms with Crippen molar-refractivity contribution in [1.82, 2.24) is 0 Å². The third kappa shape index (κ3) is 3.87. The predicted octanol–water partition coefficient (Wildman–Crippen LogP) is 1.84. The molecule has 0 saturated heterocycles. The van der Waals surface area contributed by atoms with Gasteiger partial charge in [0.15, 0.2) is 0 Å². The van der Waals surface area contributed by atoms with Crippen LogP contribution in [0.15, 0.2) is 18.2 Å². The van der Waals surface area contributed by atoms with Gasteiger partial charge in [-0.1, -0.05) is 11.6 Å². The van der Waals surface area contributed by atoms with Crippen molar-refractivity contribution >= 4 is 28.9 Å². The summed E-state index contributed by atoms with van der Waals surface area (Å²) >= 11 is 11.2. The molecule has 1 aromatic rings. The molecule has 0 spiro atoms. The first-order valence-corrected chi connectivity index (χ1v) is 5.45. The second kappa shape index (κ2) is 6.18. The molecule has 1 rings (SSSR count). The Morgan fingerprint density at radius 3 is 2.73 bits per heavy atom. The second-order valence-corrected chi connectivity index (χ2v) is 3.89. The molecule has 1 unspecified atom stereocenters. The summed E-state index contributed by atoms with van der Waals surface area (Å²) in [6.45, 7) is 0.248. The van der Waals surface area contributed by atoms with E-state index in [9.17, 15) is 5.11 Å². The highest BCUT2D eigenvalue weighted by Gasteiger charge is 2.05. The lowest BCUT2D eigenvalue weighted by Crippen LogP contribution is -2.21. The number of halogens is 2. The molecule has 0 saturated carbocycles. The van der Waals surface area contributed by atoms with Gasteiger partial charge >= 0.3 is 0 Å². The molecule has 0 bridgehead atoms. The van der Waals surface area contributed by atoms with Crippen LogP contribution in [-0.2, 0) is 6.61 Å². The summed E-state index contributed by atoms with van der Waals surface area (Å²) in [7, 11) is 0. The third-order valence-corrected chi connectivity index (χ3v) is 2.54. The summed E-state index contributed by atoms with van der Waals surface area (Å²) in [5.74, 6) is 0.176. The van der Waals surface area contributed by atoms with Gasteiger partial charge in [-0.05, 0) is 18.2 Å². The number of hydrogen-bond donors (Lipinski definition) is 3. The molecule has 0 heterocycles. The van der Waals surface area contributed by atoms with Gasteiger partial charge in [0.1, 0.15) is 0 Å². The Morgan fingerprint density at radius 1 is 1.40 bits per heavy atom. The lowest BCUT2D eigenvalue weighted by atomic mass is 10.2. The van der Waals surface area contributed by atoms with Crippen molar-refractivity contribution in [1.29, 1.82) is 0 Å². The molecule has 0 fully saturated rings. The number of nitrogens with one attached hydrogen (secondary N) is 1. The molecule has 0 radical (unpaired) electrons. The normalized spacial score (nSPS) is 12.5. The highest BCUT2D eigenvalue weighted by molar-refractivity contribution is 6.30. The molecule has 0 aliphatic carbocycles. The van der Waals surface area contributed by atoms with Crippen LogP contribution in [-0.4, -0.2) is 28.7 Å². The SMILES string of the molecule is OCc1cc(Cl)ccc1NCC(O)CCl. The van der Waals surface area contributed by atoms with Gasteiger partial charge in [-0.15, -0.1) is 11.6 Å². The van der Waals surface area contributed by atoms with Gasteiger partial charge in [0.05, 0.1) is 18.6 Å². The van der Waals surface area contributed by atoms with E-state index in [4.69, 9.17) is 28.3 Å². The zero-order chi connectivity index (χ0) is 11.3. The summed E-state index contributed by atoms with van der Waals surface area (Å²) in [4.78, 5) is 0. The van der Waals surface area contributed by atoms with E-state index in [0.717, 1.165) is 5.69 Å². The first-order chi connectivity index (χ1) is 7.17. The fourth-order valence-electron chi connectivity index (χ4n) is 1.15. The molecule has 1 aromatic carbocycles. The zero-order valence-corrected chi connectivity index (χ0v) is 9.59. The van der Waals surface area contributed by atoms with Gasteiger partial charge in [-0.2, -0.15) is 0 Å². The highest BCUT2D eigenvalue weighted by atomic mass is 35.5. The van der Waals surface area contributed by atoms with Crippen molar-refractivity contribution in [3.05, 3.63) is 28.8 Å². The van der Waals surface area contributed by atoms with Crippen LogP contribution in [0.25, 0.3) is 0 Å². The Hall–Kier alpha value is -0.480. The summed E-state index contributed by atoms with van der Waals surface area (Å²) < 4.78 is 0. The maximum Gasteiger partial charge on any atom is 0.0847 e. The van der Waals surface area contributed by atoms with Crippen molar-refractivity contribution < 1.29 is 10.2 Å². The van der Waals surface area contributed by atoms with Crippen molar-refractivity contribution in [2.24, 2.45) is 0 Å². The smallest absolute Gasteiger partial charge is 0.0847 e. The molecule has 15 heavy (non-hydrogen) atoms. The van der Waals surface area contributed by atoms with E-state index in [-0.39, 0.29) is 12.5 Å². The standard InChI is InChI=1S/C10H13Cl2NO2/c11-4-9(15)5-13-10-2-1-8(12)3-7(10)6-14/h1-3,9,13-15H,4-6H2. The van der Waals surface area contributed by atoms with Crippen molar-refractivity contribution in [3.63, 3.8) is 0 Å². The average Bonchev–Trinajstić information content (AvgIpc) is 2.26. The van der Waals surface area contributed by atoms with E-state index >= 15 is 0 Å². The van der Waals surface area contributed by atoms with Crippen molar-refractivity contribution in [2.45, 2.75) is 12.7 Å². The first kappa shape index (κ1) is 12.6. The van der Waals surface area contributed by atoms with Crippen LogP contribution in [0.5, 0.6) is 0 Å². The Labute approximate surface area is 98.6 Å². The molecular formula is C10H13Cl2NO2. The van der Waals surface area contributed by atoms with Crippen LogP contribution >= 0.6 is 23.2 Å². The predicted molar refractivity (Wildman–Crippen MR) is 62.6 cm³/mol. The Kier molecular flexibility index (Phi) is 5.19. The van der Waals surface area contributed by atoms with E-state index in [1.165, 1.54) is 0 Å². The number of alkyl halides is 1. The molecule has 1 atom stereocenters. The van der Waals surface area contributed by atoms with E-state index in [1.54, 1.807) is 18.2 Å². The molecule has 84 valence electrons. The fourth-order valence-corrected chi connectivity index (χ4v) is 1.45. The topological polar surface area (TPSA) is 52.5 Å². The summed E-state index contributed by atoms with van der Waals surface area (Å²) in [5, 5.41) is 21.9. The van der Waals surface area contributed by atoms with Crippen LogP contribution in [0.2, 0.25) is 5.02 Å².